The summed E-state index contributed by atoms with van der Waals surface area (Å²) in [4.78, 5) is 0. The van der Waals surface area contributed by atoms with Crippen molar-refractivity contribution < 1.29 is 5.11 Å². The lowest BCUT2D eigenvalue weighted by molar-refractivity contribution is 0.231. The van der Waals surface area contributed by atoms with Crippen LogP contribution in [-0.4, -0.2) is 5.11 Å². The van der Waals surface area contributed by atoms with Crippen LogP contribution < -0.4 is 5.73 Å². The summed E-state index contributed by atoms with van der Waals surface area (Å²) in [5.74, 6) is 0.866. The molecule has 0 aromatic heterocycles. The highest BCUT2D eigenvalue weighted by Crippen LogP contribution is 2.45. The molecule has 0 saturated heterocycles. The number of allylic oxidation sites excluding steroid dienone is 1. The van der Waals surface area contributed by atoms with Crippen LogP contribution in [0.4, 0.5) is 0 Å². The molecule has 0 amide bonds. The Morgan fingerprint density at radius 2 is 2.19 bits per heavy atom. The van der Waals surface area contributed by atoms with E-state index in [1.807, 2.05) is 12.1 Å². The van der Waals surface area contributed by atoms with Crippen LogP contribution >= 0.6 is 0 Å². The molecule has 2 aliphatic rings. The molecule has 0 spiro atoms. The van der Waals surface area contributed by atoms with E-state index in [9.17, 15) is 5.11 Å². The van der Waals surface area contributed by atoms with Crippen LogP contribution in [0, 0.1) is 5.92 Å². The first-order chi connectivity index (χ1) is 7.70. The topological polar surface area (TPSA) is 46.2 Å². The largest absolute Gasteiger partial charge is 0.508 e. The van der Waals surface area contributed by atoms with Gasteiger partial charge in [0.25, 0.3) is 0 Å². The SMILES string of the molecule is N[C@@]12CC=CC[C@@H]1CCc1ccc(O)cc12. The quantitative estimate of drug-likeness (QED) is 0.653. The second-order valence-electron chi connectivity index (χ2n) is 5.03. The molecule has 2 heteroatoms. The summed E-state index contributed by atoms with van der Waals surface area (Å²) in [6.45, 7) is 0. The number of fused-ring (bicyclic) bond motifs is 3. The molecule has 0 radical (unpaired) electrons. The first-order valence-electron chi connectivity index (χ1n) is 5.96. The summed E-state index contributed by atoms with van der Waals surface area (Å²) >= 11 is 0. The van der Waals surface area contributed by atoms with Crippen molar-refractivity contribution >= 4 is 0 Å². The van der Waals surface area contributed by atoms with E-state index >= 15 is 0 Å². The Labute approximate surface area is 95.8 Å². The van der Waals surface area contributed by atoms with Crippen LogP contribution in [0.25, 0.3) is 0 Å². The van der Waals surface area contributed by atoms with E-state index in [1.54, 1.807) is 6.07 Å². The van der Waals surface area contributed by atoms with Crippen LogP contribution in [0.3, 0.4) is 0 Å². The van der Waals surface area contributed by atoms with Gasteiger partial charge in [0.2, 0.25) is 0 Å². The molecule has 3 N–H and O–H groups in total. The molecule has 0 fully saturated rings. The molecule has 1 aromatic rings. The zero-order valence-electron chi connectivity index (χ0n) is 9.32. The standard InChI is InChI=1S/C14H17NO/c15-14-8-2-1-3-11(14)6-4-10-5-7-12(16)9-13(10)14/h1-2,5,7,9,11,16H,3-4,6,8,15H2/t11-,14+/m1/s1. The Bertz CT molecular complexity index is 452. The molecule has 2 aliphatic carbocycles. The number of rotatable bonds is 0. The molecule has 1 aromatic carbocycles. The number of hydrogen-bond donors (Lipinski definition) is 2. The monoisotopic (exact) mass is 215 g/mol. The third-order valence-corrected chi connectivity index (χ3v) is 4.13. The van der Waals surface area contributed by atoms with Gasteiger partial charge in [0.05, 0.1) is 0 Å². The Kier molecular flexibility index (Phi) is 2.08. The van der Waals surface area contributed by atoms with Crippen molar-refractivity contribution in [1.82, 2.24) is 0 Å². The van der Waals surface area contributed by atoms with E-state index in [2.05, 4.69) is 12.2 Å². The molecule has 0 bridgehead atoms. The van der Waals surface area contributed by atoms with Crippen molar-refractivity contribution in [3.63, 3.8) is 0 Å². The van der Waals surface area contributed by atoms with Gasteiger partial charge in [-0.3, -0.25) is 0 Å². The fourth-order valence-electron chi connectivity index (χ4n) is 3.17. The summed E-state index contributed by atoms with van der Waals surface area (Å²) in [5.41, 5.74) is 8.81. The number of benzene rings is 1. The van der Waals surface area contributed by atoms with Gasteiger partial charge in [-0.15, -0.1) is 0 Å². The number of nitrogens with two attached hydrogens (primary N) is 1. The van der Waals surface area contributed by atoms with Crippen LogP contribution in [0.5, 0.6) is 5.75 Å². The van der Waals surface area contributed by atoms with Crippen molar-refractivity contribution in [2.24, 2.45) is 11.7 Å². The predicted molar refractivity (Wildman–Crippen MR) is 64.2 cm³/mol. The summed E-state index contributed by atoms with van der Waals surface area (Å²) < 4.78 is 0. The number of aryl methyl sites for hydroxylation is 1. The molecule has 2 nitrogen and oxygen atoms in total. The van der Waals surface area contributed by atoms with E-state index in [4.69, 9.17) is 5.73 Å². The Balaban J connectivity index is 2.15. The number of hydrogen-bond acceptors (Lipinski definition) is 2. The van der Waals surface area contributed by atoms with Crippen LogP contribution in [0.15, 0.2) is 30.4 Å². The van der Waals surface area contributed by atoms with Crippen molar-refractivity contribution in [2.75, 3.05) is 0 Å². The molecule has 0 saturated carbocycles. The molecule has 2 atom stereocenters. The van der Waals surface area contributed by atoms with E-state index in [1.165, 1.54) is 12.0 Å². The zero-order valence-corrected chi connectivity index (χ0v) is 9.32. The van der Waals surface area contributed by atoms with Crippen LogP contribution in [-0.2, 0) is 12.0 Å². The normalized spacial score (nSPS) is 31.9. The van der Waals surface area contributed by atoms with E-state index in [-0.39, 0.29) is 5.54 Å². The summed E-state index contributed by atoms with van der Waals surface area (Å²) in [5, 5.41) is 9.62. The van der Waals surface area contributed by atoms with Crippen LogP contribution in [0.2, 0.25) is 0 Å². The van der Waals surface area contributed by atoms with Crippen molar-refractivity contribution in [2.45, 2.75) is 31.2 Å². The zero-order chi connectivity index (χ0) is 11.2. The van der Waals surface area contributed by atoms with Gasteiger partial charge in [0, 0.05) is 5.54 Å². The van der Waals surface area contributed by atoms with Gasteiger partial charge in [-0.05, 0) is 54.9 Å². The summed E-state index contributed by atoms with van der Waals surface area (Å²) in [7, 11) is 0. The third-order valence-electron chi connectivity index (χ3n) is 4.13. The maximum absolute atomic E-state index is 9.62. The molecule has 16 heavy (non-hydrogen) atoms. The van der Waals surface area contributed by atoms with Gasteiger partial charge in [-0.2, -0.15) is 0 Å². The van der Waals surface area contributed by atoms with Crippen LogP contribution in [0.1, 0.15) is 30.4 Å². The average Bonchev–Trinajstić information content (AvgIpc) is 2.29. The van der Waals surface area contributed by atoms with E-state index in [0.29, 0.717) is 11.7 Å². The van der Waals surface area contributed by atoms with Gasteiger partial charge in [-0.25, -0.2) is 0 Å². The maximum atomic E-state index is 9.62. The molecule has 84 valence electrons. The molecule has 0 heterocycles. The molecule has 0 unspecified atom stereocenters. The first kappa shape index (κ1) is 9.91. The predicted octanol–water partition coefficient (Wildman–Crippen LogP) is 2.46. The molecule has 3 rings (SSSR count). The summed E-state index contributed by atoms with van der Waals surface area (Å²) in [6, 6.07) is 5.65. The Morgan fingerprint density at radius 3 is 3.06 bits per heavy atom. The van der Waals surface area contributed by atoms with Gasteiger partial charge >= 0.3 is 0 Å². The maximum Gasteiger partial charge on any atom is 0.115 e. The Hall–Kier alpha value is -1.28. The minimum absolute atomic E-state index is 0.249. The van der Waals surface area contributed by atoms with E-state index in [0.717, 1.165) is 24.8 Å². The molecular weight excluding hydrogens is 198 g/mol. The Morgan fingerprint density at radius 1 is 1.31 bits per heavy atom. The van der Waals surface area contributed by atoms with Gasteiger partial charge < -0.3 is 10.8 Å². The highest BCUT2D eigenvalue weighted by Gasteiger charge is 2.41. The van der Waals surface area contributed by atoms with Gasteiger partial charge in [0.1, 0.15) is 5.75 Å². The van der Waals surface area contributed by atoms with E-state index < -0.39 is 0 Å². The lowest BCUT2D eigenvalue weighted by Gasteiger charge is -2.44. The van der Waals surface area contributed by atoms with Crippen molar-refractivity contribution in [1.29, 1.82) is 0 Å². The lowest BCUT2D eigenvalue weighted by atomic mass is 9.65. The lowest BCUT2D eigenvalue weighted by Crippen LogP contribution is -2.48. The minimum Gasteiger partial charge on any atom is -0.508 e. The fraction of sp³-hybridized carbons (Fsp3) is 0.429. The second kappa shape index (κ2) is 3.36. The third kappa shape index (κ3) is 1.30. The van der Waals surface area contributed by atoms with Crippen molar-refractivity contribution in [3.05, 3.63) is 41.5 Å². The minimum atomic E-state index is -0.249. The van der Waals surface area contributed by atoms with Crippen molar-refractivity contribution in [3.8, 4) is 5.75 Å². The number of phenols is 1. The fourth-order valence-corrected chi connectivity index (χ4v) is 3.17. The number of aromatic hydroxyl groups is 1. The van der Waals surface area contributed by atoms with Gasteiger partial charge in [0.15, 0.2) is 0 Å². The summed E-state index contributed by atoms with van der Waals surface area (Å²) in [6.07, 6.45) is 8.64. The molecule has 0 aliphatic heterocycles. The highest BCUT2D eigenvalue weighted by atomic mass is 16.3. The smallest absolute Gasteiger partial charge is 0.115 e. The van der Waals surface area contributed by atoms with Gasteiger partial charge in [-0.1, -0.05) is 18.2 Å². The first-order valence-corrected chi connectivity index (χ1v) is 5.96. The second-order valence-corrected chi connectivity index (χ2v) is 5.03. The average molecular weight is 215 g/mol. The highest BCUT2D eigenvalue weighted by molar-refractivity contribution is 5.43. The molecular formula is C14H17NO. The number of phenolic OH excluding ortho intramolecular Hbond substituents is 1.